The van der Waals surface area contributed by atoms with E-state index < -0.39 is 144 Å². The Hall–Kier alpha value is -10.5. The standard InChI is InChI=1S/C68H30F24N4/c69-61(70,71)38-8-16-42(51(25-38)65(81,82)83)34-4-12-46-47-13-5-35(43-17-9-39(62(72,73)74)26-52(43)66(84,85)86)22-56(47)95(55(46)21-34)59-31-94-60(29-50(59)33-3-1-2-32(20-33)30-93)96-57-23-36(44-18-10-40(63(75,76)77)27-53(44)67(87,88)89)6-14-48(57)49-15-7-37(24-58(49)96)45-19-11-41(64(78,79)80)28-54(45)68(90,91)92/h1-29,31H. The van der Waals surface area contributed by atoms with E-state index in [1.165, 1.54) is 59.2 Å². The van der Waals surface area contributed by atoms with Crippen molar-refractivity contribution in [2.75, 3.05) is 0 Å². The van der Waals surface area contributed by atoms with E-state index in [4.69, 9.17) is 4.98 Å². The van der Waals surface area contributed by atoms with E-state index >= 15 is 0 Å². The number of hydrogen-bond acceptors (Lipinski definition) is 2. The van der Waals surface area contributed by atoms with Gasteiger partial charge in [-0.2, -0.15) is 111 Å². The minimum Gasteiger partial charge on any atom is -0.307 e. The molecule has 0 aliphatic rings. The van der Waals surface area contributed by atoms with E-state index in [2.05, 4.69) is 0 Å². The Morgan fingerprint density at radius 2 is 0.573 bits per heavy atom. The molecule has 0 amide bonds. The monoisotopic (exact) mass is 1360 g/mol. The highest BCUT2D eigenvalue weighted by Gasteiger charge is 2.43. The van der Waals surface area contributed by atoms with Crippen LogP contribution in [0.2, 0.25) is 0 Å². The summed E-state index contributed by atoms with van der Waals surface area (Å²) in [6.07, 6.45) is -42.1. The number of benzene rings is 9. The van der Waals surface area contributed by atoms with Gasteiger partial charge in [0, 0.05) is 27.1 Å². The van der Waals surface area contributed by atoms with Crippen molar-refractivity contribution in [3.63, 3.8) is 0 Å². The largest absolute Gasteiger partial charge is 0.417 e. The average molecular weight is 1360 g/mol. The van der Waals surface area contributed by atoms with Crippen molar-refractivity contribution < 1.29 is 105 Å². The lowest BCUT2D eigenvalue weighted by Gasteiger charge is -2.19. The minimum absolute atomic E-state index is 0.0134. The maximum atomic E-state index is 14.9. The van der Waals surface area contributed by atoms with Gasteiger partial charge in [-0.15, -0.1) is 0 Å². The fourth-order valence-corrected chi connectivity index (χ4v) is 11.8. The lowest BCUT2D eigenvalue weighted by molar-refractivity contribution is -0.144. The van der Waals surface area contributed by atoms with E-state index in [0.717, 1.165) is 59.3 Å². The molecule has 0 saturated heterocycles. The molecule has 12 rings (SSSR count). The number of nitriles is 1. The maximum Gasteiger partial charge on any atom is 0.417 e. The van der Waals surface area contributed by atoms with Crippen LogP contribution in [0, 0.1) is 11.3 Å². The number of hydrogen-bond donors (Lipinski definition) is 0. The first-order valence-electron chi connectivity index (χ1n) is 27.4. The third-order valence-corrected chi connectivity index (χ3v) is 16.0. The third-order valence-electron chi connectivity index (χ3n) is 16.0. The summed E-state index contributed by atoms with van der Waals surface area (Å²) >= 11 is 0. The Balaban J connectivity index is 1.20. The van der Waals surface area contributed by atoms with Gasteiger partial charge < -0.3 is 4.57 Å². The number of fused-ring (bicyclic) bond motifs is 6. The molecule has 4 nitrogen and oxygen atoms in total. The van der Waals surface area contributed by atoms with E-state index in [9.17, 15) is 111 Å². The van der Waals surface area contributed by atoms with Crippen molar-refractivity contribution in [3.8, 4) is 73.2 Å². The number of nitrogens with zero attached hydrogens (tertiary/aromatic N) is 4. The van der Waals surface area contributed by atoms with Crippen molar-refractivity contribution in [2.45, 2.75) is 49.4 Å². The molecule has 96 heavy (non-hydrogen) atoms. The van der Waals surface area contributed by atoms with Crippen LogP contribution in [-0.4, -0.2) is 14.1 Å². The van der Waals surface area contributed by atoms with Crippen LogP contribution in [0.25, 0.3) is 111 Å². The van der Waals surface area contributed by atoms with Gasteiger partial charge in [0.15, 0.2) is 0 Å². The van der Waals surface area contributed by atoms with Gasteiger partial charge in [0.1, 0.15) is 5.82 Å². The van der Waals surface area contributed by atoms with Crippen LogP contribution >= 0.6 is 0 Å². The molecule has 0 aliphatic carbocycles. The van der Waals surface area contributed by atoms with Gasteiger partial charge >= 0.3 is 49.4 Å². The fourth-order valence-electron chi connectivity index (χ4n) is 11.8. The highest BCUT2D eigenvalue weighted by atomic mass is 19.4. The predicted octanol–water partition coefficient (Wildman–Crippen LogP) is 23.6. The first kappa shape index (κ1) is 65.6. The Kier molecular flexibility index (Phi) is 15.3. The Morgan fingerprint density at radius 1 is 0.281 bits per heavy atom. The second-order valence-corrected chi connectivity index (χ2v) is 21.9. The third kappa shape index (κ3) is 11.9. The van der Waals surface area contributed by atoms with Crippen LogP contribution in [-0.2, 0) is 49.4 Å². The van der Waals surface area contributed by atoms with E-state index in [1.807, 2.05) is 6.07 Å². The summed E-state index contributed by atoms with van der Waals surface area (Å²) in [4.78, 5) is 4.69. The zero-order valence-electron chi connectivity index (χ0n) is 47.2. The summed E-state index contributed by atoms with van der Waals surface area (Å²) < 4.78 is 349. The summed E-state index contributed by atoms with van der Waals surface area (Å²) in [6, 6.07) is 24.6. The number of halogens is 24. The molecule has 0 unspecified atom stereocenters. The SMILES string of the molecule is N#Cc1cccc(-c2cc(-n3c4cc(-c5ccc(C(F)(F)F)cc5C(F)(F)F)ccc4c4ccc(-c5ccc(C(F)(F)F)cc5C(F)(F)F)cc43)ncc2-n2c3cc(-c4ccc(C(F)(F)F)cc4C(F)(F)F)ccc3c3ccc(-c4ccc(C(F)(F)F)cc4C(F)(F)F)cc32)c1. The first-order valence-corrected chi connectivity index (χ1v) is 27.4. The van der Waals surface area contributed by atoms with Gasteiger partial charge in [0.05, 0.1) is 90.1 Å². The molecule has 0 radical (unpaired) electrons. The van der Waals surface area contributed by atoms with Crippen LogP contribution in [0.3, 0.4) is 0 Å². The van der Waals surface area contributed by atoms with Crippen molar-refractivity contribution in [2.24, 2.45) is 0 Å². The normalized spacial score (nSPS) is 13.2. The molecular formula is C68H30F24N4. The predicted molar refractivity (Wildman–Crippen MR) is 305 cm³/mol. The molecule has 12 aromatic rings. The molecule has 0 aliphatic heterocycles. The van der Waals surface area contributed by atoms with E-state index in [0.29, 0.717) is 48.5 Å². The van der Waals surface area contributed by atoms with Gasteiger partial charge in [-0.25, -0.2) is 4.98 Å². The van der Waals surface area contributed by atoms with Crippen LogP contribution in [0.15, 0.2) is 182 Å². The van der Waals surface area contributed by atoms with Crippen LogP contribution < -0.4 is 0 Å². The topological polar surface area (TPSA) is 46.5 Å². The van der Waals surface area contributed by atoms with Gasteiger partial charge in [0.2, 0.25) is 0 Å². The van der Waals surface area contributed by atoms with Gasteiger partial charge in [-0.1, -0.05) is 84.9 Å². The molecule has 9 aromatic carbocycles. The molecule has 0 spiro atoms. The Bertz CT molecular complexity index is 4930. The second-order valence-electron chi connectivity index (χ2n) is 21.9. The van der Waals surface area contributed by atoms with E-state index in [-0.39, 0.29) is 90.3 Å². The van der Waals surface area contributed by atoms with Crippen molar-refractivity contribution in [3.05, 3.63) is 232 Å². The summed E-state index contributed by atoms with van der Waals surface area (Å²) in [7, 11) is 0. The molecule has 3 heterocycles. The molecule has 3 aromatic heterocycles. The second kappa shape index (κ2) is 22.3. The molecule has 0 bridgehead atoms. The molecule has 28 heteroatoms. The Morgan fingerprint density at radius 3 is 0.854 bits per heavy atom. The zero-order chi connectivity index (χ0) is 69.5. The van der Waals surface area contributed by atoms with Gasteiger partial charge in [-0.05, 0) is 141 Å². The number of alkyl halides is 24. The zero-order valence-corrected chi connectivity index (χ0v) is 47.2. The molecule has 0 N–H and O–H groups in total. The fraction of sp³-hybridized carbons (Fsp3) is 0.118. The van der Waals surface area contributed by atoms with Crippen molar-refractivity contribution in [1.29, 1.82) is 5.26 Å². The highest BCUT2D eigenvalue weighted by molar-refractivity contribution is 6.13. The van der Waals surface area contributed by atoms with Gasteiger partial charge in [0.25, 0.3) is 0 Å². The molecular weight excluding hydrogens is 1330 g/mol. The smallest absolute Gasteiger partial charge is 0.307 e. The number of aromatic nitrogens is 3. The molecule has 0 saturated carbocycles. The lowest BCUT2D eigenvalue weighted by Crippen LogP contribution is -2.12. The Labute approximate surface area is 521 Å². The van der Waals surface area contributed by atoms with Crippen LogP contribution in [0.1, 0.15) is 50.1 Å². The number of rotatable bonds is 7. The van der Waals surface area contributed by atoms with Crippen LogP contribution in [0.5, 0.6) is 0 Å². The summed E-state index contributed by atoms with van der Waals surface area (Å²) in [5.41, 5.74) is -20.4. The van der Waals surface area contributed by atoms with Gasteiger partial charge in [-0.3, -0.25) is 4.57 Å². The van der Waals surface area contributed by atoms with Crippen LogP contribution in [0.4, 0.5) is 105 Å². The van der Waals surface area contributed by atoms with E-state index in [1.54, 1.807) is 0 Å². The molecule has 490 valence electrons. The highest BCUT2D eigenvalue weighted by Crippen LogP contribution is 2.50. The summed E-state index contributed by atoms with van der Waals surface area (Å²) in [6.45, 7) is 0. The van der Waals surface area contributed by atoms with Crippen molar-refractivity contribution >= 4 is 43.6 Å². The molecule has 0 atom stereocenters. The molecule has 0 fully saturated rings. The summed E-state index contributed by atoms with van der Waals surface area (Å²) in [5, 5.41) is 10.4. The minimum atomic E-state index is -5.48. The summed E-state index contributed by atoms with van der Waals surface area (Å²) in [5.74, 6) is -0.390. The first-order chi connectivity index (χ1) is 44.6. The number of pyridine rings is 1. The maximum absolute atomic E-state index is 14.9. The lowest BCUT2D eigenvalue weighted by atomic mass is 9.95. The quantitative estimate of drug-likeness (QED) is 0.149. The average Bonchev–Trinajstić information content (AvgIpc) is 1.56. The van der Waals surface area contributed by atoms with Crippen molar-refractivity contribution in [1.82, 2.24) is 14.1 Å².